The molecular weight excluding hydrogens is 599 g/mol. The van der Waals surface area contributed by atoms with Crippen molar-refractivity contribution in [3.05, 3.63) is 96.2 Å². The molecule has 226 valence electrons. The van der Waals surface area contributed by atoms with Gasteiger partial charge >= 0.3 is 24.8 Å². The molecule has 0 saturated carbocycles. The second-order valence-corrected chi connectivity index (χ2v) is 13.2. The monoisotopic (exact) mass is 630 g/mol. The largest absolute Gasteiger partial charge is 1.00 e. The first kappa shape index (κ1) is 33.5. The van der Waals surface area contributed by atoms with Gasteiger partial charge in [-0.05, 0) is 47.7 Å². The molecule has 0 radical (unpaired) electrons. The molecule has 0 spiro atoms. The van der Waals surface area contributed by atoms with E-state index in [1.165, 1.54) is 0 Å². The van der Waals surface area contributed by atoms with Crippen molar-refractivity contribution in [2.45, 2.75) is 32.7 Å². The third kappa shape index (κ3) is 8.41. The Kier molecular flexibility index (Phi) is 10.8. The summed E-state index contributed by atoms with van der Waals surface area (Å²) in [5.41, 5.74) is 4.91. The number of rotatable bonds is 12. The number of nitrogens with zero attached hydrogens (tertiary/aromatic N) is 2. The third-order valence-electron chi connectivity index (χ3n) is 7.05. The van der Waals surface area contributed by atoms with Crippen LogP contribution in [0.4, 0.5) is 5.69 Å². The molecule has 0 unspecified atom stereocenters. The third-order valence-corrected chi connectivity index (χ3v) is 8.63. The zero-order valence-electron chi connectivity index (χ0n) is 24.5. The molecule has 1 aromatic heterocycles. The second kappa shape index (κ2) is 14.2. The van der Waals surface area contributed by atoms with Crippen molar-refractivity contribution in [2.24, 2.45) is 0 Å². The Hall–Kier alpha value is -3.37. The van der Waals surface area contributed by atoms with Crippen LogP contribution in [0.15, 0.2) is 94.7 Å². The average molecular weight is 631 g/mol. The molecule has 5 rings (SSSR count). The smallest absolute Gasteiger partial charge is 0.748 e. The number of hydrogen-bond acceptors (Lipinski definition) is 9. The maximum atomic E-state index is 11.3. The average Bonchev–Trinajstić information content (AvgIpc) is 3.48. The molecule has 0 saturated heterocycles. The predicted octanol–water partition coefficient (Wildman–Crippen LogP) is 1.80. The molecule has 0 amide bonds. The zero-order valence-corrected chi connectivity index (χ0v) is 26.1. The summed E-state index contributed by atoms with van der Waals surface area (Å²) in [7, 11) is -8.74. The molecule has 0 aliphatic carbocycles. The van der Waals surface area contributed by atoms with Gasteiger partial charge in [0.15, 0.2) is 12.3 Å². The molecule has 44 heavy (non-hydrogen) atoms. The number of aromatic nitrogens is 1. The summed E-state index contributed by atoms with van der Waals surface area (Å²) >= 11 is 0. The van der Waals surface area contributed by atoms with E-state index in [9.17, 15) is 25.9 Å². The Morgan fingerprint density at radius 2 is 1.57 bits per heavy atom. The molecule has 0 fully saturated rings. The molecule has 1 aliphatic rings. The van der Waals surface area contributed by atoms with Gasteiger partial charge in [0.25, 0.3) is 5.52 Å². The number of anilines is 1. The minimum atomic E-state index is -4.39. The van der Waals surface area contributed by atoms with Gasteiger partial charge < -0.3 is 23.2 Å². The van der Waals surface area contributed by atoms with Crippen molar-refractivity contribution in [1.82, 2.24) is 0 Å². The van der Waals surface area contributed by atoms with Crippen molar-refractivity contribution in [2.75, 3.05) is 23.0 Å². The number of oxazole rings is 1. The van der Waals surface area contributed by atoms with E-state index in [0.29, 0.717) is 29.5 Å². The molecule has 13 heteroatoms. The van der Waals surface area contributed by atoms with Gasteiger partial charge in [-0.15, -0.1) is 0 Å². The Bertz CT molecular complexity index is 1900. The molecule has 0 N–H and O–H groups in total. The van der Waals surface area contributed by atoms with E-state index in [1.807, 2.05) is 101 Å². The van der Waals surface area contributed by atoms with Crippen LogP contribution in [0.1, 0.15) is 32.1 Å². The first-order valence-electron chi connectivity index (χ1n) is 13.9. The fourth-order valence-electron chi connectivity index (χ4n) is 5.00. The molecule has 0 bridgehead atoms. The van der Waals surface area contributed by atoms with Gasteiger partial charge in [0.1, 0.15) is 0 Å². The quantitative estimate of drug-likeness (QED) is 0.130. The van der Waals surface area contributed by atoms with Gasteiger partial charge in [0.2, 0.25) is 11.5 Å². The zero-order chi connectivity index (χ0) is 30.6. The van der Waals surface area contributed by atoms with E-state index in [1.54, 1.807) is 0 Å². The van der Waals surface area contributed by atoms with Crippen LogP contribution in [-0.4, -0.2) is 44.0 Å². The van der Waals surface area contributed by atoms with Gasteiger partial charge in [-0.2, -0.15) is 4.57 Å². The number of ether oxygens (including phenoxy) is 1. The number of benzene rings is 3. The predicted molar refractivity (Wildman–Crippen MR) is 161 cm³/mol. The van der Waals surface area contributed by atoms with Crippen LogP contribution in [0.2, 0.25) is 0 Å². The van der Waals surface area contributed by atoms with Crippen molar-refractivity contribution in [3.63, 3.8) is 0 Å². The van der Waals surface area contributed by atoms with Crippen molar-refractivity contribution in [3.8, 4) is 16.9 Å². The van der Waals surface area contributed by atoms with E-state index < -0.39 is 31.7 Å². The maximum Gasteiger partial charge on any atom is 1.00 e. The van der Waals surface area contributed by atoms with Crippen LogP contribution in [-0.2, 0) is 26.8 Å². The van der Waals surface area contributed by atoms with E-state index in [2.05, 4.69) is 0 Å². The van der Waals surface area contributed by atoms with Gasteiger partial charge in [-0.3, -0.25) is 0 Å². The fraction of sp³-hybridized carbons (Fsp3) is 0.258. The van der Waals surface area contributed by atoms with Crippen LogP contribution < -0.4 is 33.1 Å². The minimum Gasteiger partial charge on any atom is -0.748 e. The first-order chi connectivity index (χ1) is 20.5. The Morgan fingerprint density at radius 1 is 0.886 bits per heavy atom. The number of fused-ring (bicyclic) bond motifs is 2. The van der Waals surface area contributed by atoms with E-state index in [-0.39, 0.29) is 44.8 Å². The Labute approximate surface area is 269 Å². The fourth-order valence-corrected chi connectivity index (χ4v) is 5.97. The molecule has 10 nitrogen and oxygen atoms in total. The standard InChI is InChI=1S/C31H32N2O8S2.Li/c1-2-23(20-30-32(16-8-18-42(34,35)36)26-12-6-7-13-28(26)40-30)21-31-33(17-9-19-43(37,38)39)27-22-25(14-15-29(27)41-31)24-10-4-3-5-11-24;/h3-7,10-15,20-22H,2,8-9,16-19H2,1H3,(H-,34,35,36,37,38,39);/q;+1/p-1. The Balaban J connectivity index is 0.00000442. The van der Waals surface area contributed by atoms with Crippen molar-refractivity contribution in [1.29, 1.82) is 0 Å². The van der Waals surface area contributed by atoms with E-state index in [0.717, 1.165) is 27.9 Å². The first-order valence-corrected chi connectivity index (χ1v) is 17.0. The summed E-state index contributed by atoms with van der Waals surface area (Å²) in [6, 6.07) is 23.0. The van der Waals surface area contributed by atoms with Gasteiger partial charge in [-0.1, -0.05) is 55.5 Å². The number of para-hydroxylation sites is 2. The molecule has 1 aliphatic heterocycles. The molecule has 0 atom stereocenters. The molecule has 4 aromatic rings. The van der Waals surface area contributed by atoms with Crippen molar-refractivity contribution < 1.29 is 58.5 Å². The Morgan fingerprint density at radius 3 is 2.27 bits per heavy atom. The summed E-state index contributed by atoms with van der Waals surface area (Å²) in [6.07, 6.45) is 4.49. The second-order valence-electron chi connectivity index (χ2n) is 10.1. The minimum absolute atomic E-state index is 0. The number of hydrogen-bond donors (Lipinski definition) is 0. The van der Waals surface area contributed by atoms with Gasteiger partial charge in [0, 0.05) is 36.6 Å². The van der Waals surface area contributed by atoms with Crippen LogP contribution >= 0.6 is 0 Å². The van der Waals surface area contributed by atoms with Gasteiger partial charge in [-0.25, -0.2) is 16.8 Å². The normalized spacial score (nSPS) is 14.5. The summed E-state index contributed by atoms with van der Waals surface area (Å²) in [5.74, 6) is 0.557. The van der Waals surface area contributed by atoms with Crippen LogP contribution in [0, 0.1) is 0 Å². The topological polar surface area (TPSA) is 144 Å². The molecule has 2 heterocycles. The molecule has 3 aromatic carbocycles. The van der Waals surface area contributed by atoms with Gasteiger partial charge in [0.05, 0.1) is 32.0 Å². The summed E-state index contributed by atoms with van der Waals surface area (Å²) < 4.78 is 81.8. The summed E-state index contributed by atoms with van der Waals surface area (Å²) in [5, 5.41) is 0. The number of allylic oxidation sites excluding steroid dienone is 2. The maximum absolute atomic E-state index is 11.3. The molecular formula is C31H31LiN2O8S2. The van der Waals surface area contributed by atoms with Crippen LogP contribution in [0.25, 0.3) is 28.3 Å². The van der Waals surface area contributed by atoms with Crippen molar-refractivity contribution >= 4 is 43.1 Å². The van der Waals surface area contributed by atoms with Crippen LogP contribution in [0.3, 0.4) is 0 Å². The van der Waals surface area contributed by atoms with E-state index in [4.69, 9.17) is 9.15 Å². The number of aryl methyl sites for hydroxylation is 1. The summed E-state index contributed by atoms with van der Waals surface area (Å²) in [6.45, 7) is 2.46. The van der Waals surface area contributed by atoms with E-state index >= 15 is 0 Å². The summed E-state index contributed by atoms with van der Waals surface area (Å²) in [4.78, 5) is 1.86. The SMILES string of the molecule is CCC(/C=C1\Oc2ccc(-c3ccccc3)cc2N1CCCS(=O)(=O)[O-])=C\c1oc2ccccc2[n+]1CCCS(=O)(=O)[O-].[Li+]. The van der Waals surface area contributed by atoms with Crippen LogP contribution in [0.5, 0.6) is 5.75 Å².